The van der Waals surface area contributed by atoms with Gasteiger partial charge in [-0.1, -0.05) is 25.4 Å². The van der Waals surface area contributed by atoms with E-state index in [1.54, 1.807) is 10.9 Å². The summed E-state index contributed by atoms with van der Waals surface area (Å²) in [6, 6.07) is 0. The highest BCUT2D eigenvalue weighted by Crippen LogP contribution is 2.23. The van der Waals surface area contributed by atoms with Crippen LogP contribution in [0.3, 0.4) is 0 Å². The van der Waals surface area contributed by atoms with E-state index in [4.69, 9.17) is 10.9 Å². The number of nitrogens with zero attached hydrogens (tertiary/aromatic N) is 3. The van der Waals surface area contributed by atoms with Gasteiger partial charge in [0.15, 0.2) is 0 Å². The monoisotopic (exact) mass is 253 g/mol. The number of oxime groups is 1. The molecule has 0 fully saturated rings. The average Bonchev–Trinajstić information content (AvgIpc) is 2.73. The normalized spacial score (nSPS) is 12.7. The number of amidine groups is 1. The Bertz CT molecular complexity index is 397. The number of nitrogens with two attached hydrogens (primary N) is 1. The molecule has 18 heavy (non-hydrogen) atoms. The van der Waals surface area contributed by atoms with Crippen molar-refractivity contribution in [3.8, 4) is 0 Å². The Morgan fingerprint density at radius 2 is 2.28 bits per heavy atom. The minimum atomic E-state index is -0.247. The molecule has 0 aromatic carbocycles. The molecule has 0 aliphatic rings. The molecule has 0 unspecified atom stereocenters. The van der Waals surface area contributed by atoms with E-state index in [0.717, 1.165) is 31.5 Å². The third-order valence-electron chi connectivity index (χ3n) is 3.06. The second kappa shape index (κ2) is 6.28. The van der Waals surface area contributed by atoms with Gasteiger partial charge in [0.2, 0.25) is 0 Å². The Morgan fingerprint density at radius 1 is 1.56 bits per heavy atom. The van der Waals surface area contributed by atoms with E-state index in [2.05, 4.69) is 15.6 Å². The van der Waals surface area contributed by atoms with Gasteiger partial charge in [-0.05, 0) is 12.8 Å². The molecule has 1 aromatic heterocycles. The molecule has 0 spiro atoms. The van der Waals surface area contributed by atoms with Crippen LogP contribution in [0.4, 0.5) is 5.69 Å². The van der Waals surface area contributed by atoms with Crippen molar-refractivity contribution in [1.29, 1.82) is 0 Å². The first-order chi connectivity index (χ1) is 8.45. The van der Waals surface area contributed by atoms with Crippen LogP contribution < -0.4 is 11.1 Å². The molecule has 1 rings (SSSR count). The fourth-order valence-corrected chi connectivity index (χ4v) is 1.70. The standard InChI is InChI=1S/C12H23N5O/c1-12(2,11(13)16-18)6-4-5-7-14-10-8-15-17(3)9-10/h8-9,14,18H,4-7H2,1-3H3,(H2,13,16). The summed E-state index contributed by atoms with van der Waals surface area (Å²) >= 11 is 0. The summed E-state index contributed by atoms with van der Waals surface area (Å²) in [4.78, 5) is 0. The minimum absolute atomic E-state index is 0.247. The van der Waals surface area contributed by atoms with Gasteiger partial charge in [-0.15, -0.1) is 0 Å². The fraction of sp³-hybridized carbons (Fsp3) is 0.667. The van der Waals surface area contributed by atoms with Gasteiger partial charge in [0.25, 0.3) is 0 Å². The highest BCUT2D eigenvalue weighted by molar-refractivity contribution is 5.85. The van der Waals surface area contributed by atoms with Crippen molar-refractivity contribution in [2.24, 2.45) is 23.4 Å². The number of aromatic nitrogens is 2. The SMILES string of the molecule is Cn1cc(NCCCCC(C)(C)/C(N)=N/O)cn1. The minimum Gasteiger partial charge on any atom is -0.409 e. The lowest BCUT2D eigenvalue weighted by atomic mass is 9.86. The molecular weight excluding hydrogens is 230 g/mol. The number of hydrogen-bond donors (Lipinski definition) is 3. The Kier molecular flexibility index (Phi) is 5.00. The van der Waals surface area contributed by atoms with E-state index < -0.39 is 0 Å². The third kappa shape index (κ3) is 4.27. The molecule has 4 N–H and O–H groups in total. The molecule has 1 aromatic rings. The van der Waals surface area contributed by atoms with Crippen molar-refractivity contribution in [2.45, 2.75) is 33.1 Å². The summed E-state index contributed by atoms with van der Waals surface area (Å²) in [6.45, 7) is 4.87. The van der Waals surface area contributed by atoms with Crippen LogP contribution in [0, 0.1) is 5.41 Å². The summed E-state index contributed by atoms with van der Waals surface area (Å²) in [7, 11) is 1.89. The van der Waals surface area contributed by atoms with E-state index in [0.29, 0.717) is 5.84 Å². The largest absolute Gasteiger partial charge is 0.409 e. The van der Waals surface area contributed by atoms with Gasteiger partial charge >= 0.3 is 0 Å². The van der Waals surface area contributed by atoms with Gasteiger partial charge in [-0.2, -0.15) is 5.10 Å². The fourth-order valence-electron chi connectivity index (χ4n) is 1.70. The maximum Gasteiger partial charge on any atom is 0.144 e. The molecule has 0 atom stereocenters. The van der Waals surface area contributed by atoms with Crippen molar-refractivity contribution in [3.63, 3.8) is 0 Å². The van der Waals surface area contributed by atoms with Crippen LogP contribution in [0.2, 0.25) is 0 Å². The van der Waals surface area contributed by atoms with Gasteiger partial charge in [0.1, 0.15) is 5.84 Å². The Hall–Kier alpha value is -1.72. The Labute approximate surface area is 108 Å². The third-order valence-corrected chi connectivity index (χ3v) is 3.06. The van der Waals surface area contributed by atoms with Crippen LogP contribution in [0.5, 0.6) is 0 Å². The lowest BCUT2D eigenvalue weighted by molar-refractivity contribution is 0.304. The second-order valence-corrected chi connectivity index (χ2v) is 5.16. The summed E-state index contributed by atoms with van der Waals surface area (Å²) in [5.41, 5.74) is 6.42. The smallest absolute Gasteiger partial charge is 0.144 e. The van der Waals surface area contributed by atoms with E-state index in [9.17, 15) is 0 Å². The van der Waals surface area contributed by atoms with Crippen molar-refractivity contribution in [1.82, 2.24) is 9.78 Å². The second-order valence-electron chi connectivity index (χ2n) is 5.16. The number of hydrogen-bond acceptors (Lipinski definition) is 4. The number of unbranched alkanes of at least 4 members (excludes halogenated alkanes) is 1. The highest BCUT2D eigenvalue weighted by Gasteiger charge is 2.22. The molecule has 0 saturated heterocycles. The van der Waals surface area contributed by atoms with E-state index in [1.807, 2.05) is 27.1 Å². The summed E-state index contributed by atoms with van der Waals surface area (Å²) < 4.78 is 1.77. The molecule has 1 heterocycles. The summed E-state index contributed by atoms with van der Waals surface area (Å²) in [5, 5.41) is 19.1. The first kappa shape index (κ1) is 14.3. The molecule has 0 saturated carbocycles. The maximum atomic E-state index is 8.67. The number of anilines is 1. The van der Waals surface area contributed by atoms with Crippen molar-refractivity contribution in [3.05, 3.63) is 12.4 Å². The zero-order valence-electron chi connectivity index (χ0n) is 11.3. The lowest BCUT2D eigenvalue weighted by Crippen LogP contribution is -2.31. The van der Waals surface area contributed by atoms with Crippen LogP contribution in [-0.4, -0.2) is 27.4 Å². The van der Waals surface area contributed by atoms with Crippen LogP contribution >= 0.6 is 0 Å². The first-order valence-corrected chi connectivity index (χ1v) is 6.16. The summed E-state index contributed by atoms with van der Waals surface area (Å²) in [5.74, 6) is 0.294. The Balaban J connectivity index is 2.19. The maximum absolute atomic E-state index is 8.67. The zero-order chi connectivity index (χ0) is 13.6. The van der Waals surface area contributed by atoms with E-state index in [-0.39, 0.29) is 5.41 Å². The van der Waals surface area contributed by atoms with Crippen LogP contribution in [-0.2, 0) is 7.05 Å². The van der Waals surface area contributed by atoms with Gasteiger partial charge in [0.05, 0.1) is 11.9 Å². The van der Waals surface area contributed by atoms with Crippen molar-refractivity contribution < 1.29 is 5.21 Å². The van der Waals surface area contributed by atoms with Crippen LogP contribution in [0.25, 0.3) is 0 Å². The molecule has 0 bridgehead atoms. The van der Waals surface area contributed by atoms with E-state index in [1.165, 1.54) is 0 Å². The lowest BCUT2D eigenvalue weighted by Gasteiger charge is -2.22. The predicted molar refractivity (Wildman–Crippen MR) is 72.7 cm³/mol. The zero-order valence-corrected chi connectivity index (χ0v) is 11.3. The average molecular weight is 253 g/mol. The highest BCUT2D eigenvalue weighted by atomic mass is 16.4. The molecule has 0 radical (unpaired) electrons. The summed E-state index contributed by atoms with van der Waals surface area (Å²) in [6.07, 6.45) is 6.71. The molecule has 102 valence electrons. The van der Waals surface area contributed by atoms with Crippen molar-refractivity contribution >= 4 is 11.5 Å². The molecule has 6 nitrogen and oxygen atoms in total. The number of nitrogens with one attached hydrogen (secondary N) is 1. The molecule has 0 aliphatic heterocycles. The number of aryl methyl sites for hydroxylation is 1. The predicted octanol–water partition coefficient (Wildman–Crippen LogP) is 1.77. The molecule has 0 aliphatic carbocycles. The van der Waals surface area contributed by atoms with Gasteiger partial charge in [-0.25, -0.2) is 0 Å². The number of rotatable bonds is 7. The molecule has 6 heteroatoms. The molecule has 0 amide bonds. The van der Waals surface area contributed by atoms with Crippen LogP contribution in [0.15, 0.2) is 17.5 Å². The molecular formula is C12H23N5O. The first-order valence-electron chi connectivity index (χ1n) is 6.16. The Morgan fingerprint density at radius 3 is 2.83 bits per heavy atom. The van der Waals surface area contributed by atoms with E-state index >= 15 is 0 Å². The quantitative estimate of drug-likeness (QED) is 0.227. The van der Waals surface area contributed by atoms with Gasteiger partial charge < -0.3 is 16.3 Å². The van der Waals surface area contributed by atoms with Gasteiger partial charge in [0, 0.05) is 25.2 Å². The van der Waals surface area contributed by atoms with Crippen molar-refractivity contribution in [2.75, 3.05) is 11.9 Å². The van der Waals surface area contributed by atoms with Crippen LogP contribution in [0.1, 0.15) is 33.1 Å². The topological polar surface area (TPSA) is 88.5 Å². The van der Waals surface area contributed by atoms with Gasteiger partial charge in [-0.3, -0.25) is 4.68 Å².